The largest absolute Gasteiger partial charge is 0.456 e. The standard InChI is InChI=1S/C45H30N4O/c1-5-14-32(15-6-1)43-46-44(33-16-7-2-8-17-33)48-45(47-43)34-26-29-39-41(30-34)50-40-23-13-22-38(42(39)40)31-24-27-37(28-25-31)49(35-18-9-3-10-19-35)36-20-11-4-12-21-36/h1-30H. The van der Waals surface area contributed by atoms with Crippen LogP contribution in [-0.2, 0) is 0 Å². The first-order valence-electron chi connectivity index (χ1n) is 16.6. The van der Waals surface area contributed by atoms with Crippen LogP contribution in [0.15, 0.2) is 186 Å². The molecule has 50 heavy (non-hydrogen) atoms. The Bertz CT molecular complexity index is 2470. The molecule has 2 aromatic heterocycles. The molecule has 0 aliphatic carbocycles. The predicted molar refractivity (Wildman–Crippen MR) is 204 cm³/mol. The van der Waals surface area contributed by atoms with E-state index < -0.39 is 0 Å². The van der Waals surface area contributed by atoms with E-state index in [1.807, 2.05) is 84.9 Å². The van der Waals surface area contributed by atoms with E-state index in [-0.39, 0.29) is 0 Å². The van der Waals surface area contributed by atoms with E-state index in [4.69, 9.17) is 19.4 Å². The lowest BCUT2D eigenvalue weighted by Crippen LogP contribution is -2.09. The molecular weight excluding hydrogens is 613 g/mol. The Morgan fingerprint density at radius 2 is 0.840 bits per heavy atom. The first-order valence-corrected chi connectivity index (χ1v) is 16.6. The highest BCUT2D eigenvalue weighted by atomic mass is 16.3. The Morgan fingerprint density at radius 1 is 0.360 bits per heavy atom. The minimum absolute atomic E-state index is 0.595. The van der Waals surface area contributed by atoms with E-state index in [2.05, 4.69) is 102 Å². The number of hydrogen-bond donors (Lipinski definition) is 0. The molecule has 0 N–H and O–H groups in total. The molecule has 5 heteroatoms. The van der Waals surface area contributed by atoms with Crippen LogP contribution < -0.4 is 4.90 Å². The van der Waals surface area contributed by atoms with Gasteiger partial charge >= 0.3 is 0 Å². The lowest BCUT2D eigenvalue weighted by Gasteiger charge is -2.25. The number of benzene rings is 7. The van der Waals surface area contributed by atoms with Crippen LogP contribution >= 0.6 is 0 Å². The van der Waals surface area contributed by atoms with Crippen molar-refractivity contribution in [2.45, 2.75) is 0 Å². The third kappa shape index (κ3) is 5.47. The fourth-order valence-corrected chi connectivity index (χ4v) is 6.53. The second-order valence-corrected chi connectivity index (χ2v) is 12.1. The highest BCUT2D eigenvalue weighted by molar-refractivity contribution is 6.13. The summed E-state index contributed by atoms with van der Waals surface area (Å²) in [5.41, 5.74) is 9.87. The van der Waals surface area contributed by atoms with Gasteiger partial charge in [-0.1, -0.05) is 127 Å². The van der Waals surface area contributed by atoms with Crippen molar-refractivity contribution in [1.29, 1.82) is 0 Å². The van der Waals surface area contributed by atoms with Gasteiger partial charge < -0.3 is 9.32 Å². The number of furan rings is 1. The molecule has 0 atom stereocenters. The van der Waals surface area contributed by atoms with Crippen LogP contribution in [0.4, 0.5) is 17.1 Å². The van der Waals surface area contributed by atoms with E-state index in [1.165, 1.54) is 0 Å². The van der Waals surface area contributed by atoms with Crippen LogP contribution in [0.25, 0.3) is 67.2 Å². The van der Waals surface area contributed by atoms with Crippen molar-refractivity contribution < 1.29 is 4.42 Å². The van der Waals surface area contributed by atoms with Gasteiger partial charge in [-0.25, -0.2) is 15.0 Å². The summed E-state index contributed by atoms with van der Waals surface area (Å²) < 4.78 is 6.50. The summed E-state index contributed by atoms with van der Waals surface area (Å²) in [5, 5.41) is 2.12. The fraction of sp³-hybridized carbons (Fsp3) is 0. The Balaban J connectivity index is 1.12. The van der Waals surface area contributed by atoms with Gasteiger partial charge in [0.25, 0.3) is 0 Å². The van der Waals surface area contributed by atoms with E-state index in [9.17, 15) is 0 Å². The fourth-order valence-electron chi connectivity index (χ4n) is 6.53. The van der Waals surface area contributed by atoms with Gasteiger partial charge in [0.15, 0.2) is 17.5 Å². The SMILES string of the molecule is c1ccc(-c2nc(-c3ccccc3)nc(-c3ccc4c(c3)oc3cccc(-c5ccc(N(c6ccccc6)c6ccccc6)cc5)c34)n2)cc1. The number of para-hydroxylation sites is 2. The van der Waals surface area contributed by atoms with Crippen LogP contribution in [-0.4, -0.2) is 15.0 Å². The van der Waals surface area contributed by atoms with E-state index in [1.54, 1.807) is 0 Å². The van der Waals surface area contributed by atoms with E-state index in [0.29, 0.717) is 17.5 Å². The number of hydrogen-bond acceptors (Lipinski definition) is 5. The molecule has 9 aromatic rings. The van der Waals surface area contributed by atoms with Crippen molar-refractivity contribution in [3.05, 3.63) is 182 Å². The Hall–Kier alpha value is -6.85. The molecule has 0 unspecified atom stereocenters. The van der Waals surface area contributed by atoms with Crippen LogP contribution in [0, 0.1) is 0 Å². The molecule has 5 nitrogen and oxygen atoms in total. The van der Waals surface area contributed by atoms with Gasteiger partial charge in [0.05, 0.1) is 0 Å². The molecule has 0 spiro atoms. The zero-order valence-corrected chi connectivity index (χ0v) is 27.0. The van der Waals surface area contributed by atoms with Gasteiger partial charge in [0.2, 0.25) is 0 Å². The molecule has 9 rings (SSSR count). The monoisotopic (exact) mass is 642 g/mol. The van der Waals surface area contributed by atoms with Crippen molar-refractivity contribution in [2.75, 3.05) is 4.90 Å². The average molecular weight is 643 g/mol. The van der Waals surface area contributed by atoms with Crippen LogP contribution in [0.3, 0.4) is 0 Å². The summed E-state index contributed by atoms with van der Waals surface area (Å²) in [4.78, 5) is 17.0. The smallest absolute Gasteiger partial charge is 0.164 e. The topological polar surface area (TPSA) is 55.1 Å². The number of nitrogens with zero attached hydrogens (tertiary/aromatic N) is 4. The molecule has 0 saturated carbocycles. The molecule has 7 aromatic carbocycles. The van der Waals surface area contributed by atoms with Gasteiger partial charge in [0.1, 0.15) is 11.2 Å². The van der Waals surface area contributed by atoms with Crippen molar-refractivity contribution in [1.82, 2.24) is 15.0 Å². The molecule has 0 radical (unpaired) electrons. The summed E-state index contributed by atoms with van der Waals surface area (Å²) in [5.74, 6) is 1.85. The molecule has 0 bridgehead atoms. The summed E-state index contributed by atoms with van der Waals surface area (Å²) >= 11 is 0. The first-order chi connectivity index (χ1) is 24.8. The molecular formula is C45H30N4O. The zero-order chi connectivity index (χ0) is 33.3. The maximum atomic E-state index is 6.50. The molecule has 0 saturated heterocycles. The highest BCUT2D eigenvalue weighted by Crippen LogP contribution is 2.40. The van der Waals surface area contributed by atoms with Gasteiger partial charge in [-0.2, -0.15) is 0 Å². The van der Waals surface area contributed by atoms with E-state index >= 15 is 0 Å². The third-order valence-corrected chi connectivity index (χ3v) is 8.92. The third-order valence-electron chi connectivity index (χ3n) is 8.92. The van der Waals surface area contributed by atoms with Gasteiger partial charge in [-0.15, -0.1) is 0 Å². The Morgan fingerprint density at radius 3 is 1.40 bits per heavy atom. The predicted octanol–water partition coefficient (Wildman–Crippen LogP) is 11.9. The average Bonchev–Trinajstić information content (AvgIpc) is 3.58. The zero-order valence-electron chi connectivity index (χ0n) is 27.0. The van der Waals surface area contributed by atoms with Crippen molar-refractivity contribution in [3.8, 4) is 45.3 Å². The molecule has 0 amide bonds. The second kappa shape index (κ2) is 12.6. The van der Waals surface area contributed by atoms with Crippen LogP contribution in [0.5, 0.6) is 0 Å². The highest BCUT2D eigenvalue weighted by Gasteiger charge is 2.17. The minimum atomic E-state index is 0.595. The number of rotatable bonds is 7. The van der Waals surface area contributed by atoms with Crippen molar-refractivity contribution in [3.63, 3.8) is 0 Å². The molecule has 0 aliphatic heterocycles. The summed E-state index contributed by atoms with van der Waals surface area (Å²) in [6.07, 6.45) is 0. The number of anilines is 3. The van der Waals surface area contributed by atoms with Crippen molar-refractivity contribution >= 4 is 39.0 Å². The maximum absolute atomic E-state index is 6.50. The maximum Gasteiger partial charge on any atom is 0.164 e. The lowest BCUT2D eigenvalue weighted by molar-refractivity contribution is 0.669. The van der Waals surface area contributed by atoms with Crippen molar-refractivity contribution in [2.24, 2.45) is 0 Å². The van der Waals surface area contributed by atoms with Gasteiger partial charge in [-0.05, 0) is 65.7 Å². The summed E-state index contributed by atoms with van der Waals surface area (Å²) in [6, 6.07) is 62.2. The Labute approximate surface area is 289 Å². The Kier molecular flexibility index (Phi) is 7.41. The normalized spacial score (nSPS) is 11.2. The van der Waals surface area contributed by atoms with Gasteiger partial charge in [-0.3, -0.25) is 0 Å². The summed E-state index contributed by atoms with van der Waals surface area (Å²) in [6.45, 7) is 0. The van der Waals surface area contributed by atoms with E-state index in [0.717, 1.165) is 66.8 Å². The quantitative estimate of drug-likeness (QED) is 0.173. The van der Waals surface area contributed by atoms with Crippen LogP contribution in [0.1, 0.15) is 0 Å². The molecule has 2 heterocycles. The summed E-state index contributed by atoms with van der Waals surface area (Å²) in [7, 11) is 0. The first kappa shape index (κ1) is 29.3. The van der Waals surface area contributed by atoms with Gasteiger partial charge in [0, 0.05) is 44.5 Å². The second-order valence-electron chi connectivity index (χ2n) is 12.1. The number of fused-ring (bicyclic) bond motifs is 3. The van der Waals surface area contributed by atoms with Crippen LogP contribution in [0.2, 0.25) is 0 Å². The number of aromatic nitrogens is 3. The molecule has 236 valence electrons. The molecule has 0 fully saturated rings. The lowest BCUT2D eigenvalue weighted by atomic mass is 9.98. The minimum Gasteiger partial charge on any atom is -0.456 e. The molecule has 0 aliphatic rings.